The number of carbonyl (C=O) groups excluding carboxylic acids is 2. The number of thioether (sulfide) groups is 1. The van der Waals surface area contributed by atoms with Gasteiger partial charge >= 0.3 is 5.97 Å². The van der Waals surface area contributed by atoms with E-state index in [1.807, 2.05) is 0 Å². The highest BCUT2D eigenvalue weighted by Crippen LogP contribution is 2.35. The quantitative estimate of drug-likeness (QED) is 0.304. The number of carboxylic acid groups (broad SMARTS) is 1. The molecule has 1 atom stereocenters. The standard InChI is InChI=1S/C17H18N2O6S2/c1-9(15(24)18-6-2-3-14(22)23)19-16(25)13(27-17(19)26)7-10-4-5-11(20)8-12(10)21/h4-5,7-9,20-21H,2-3,6H2,1H3,(H,18,24)(H,22,23)/b13-7-. The number of thiocarbonyl (C=S) groups is 1. The number of rotatable bonds is 7. The van der Waals surface area contributed by atoms with Gasteiger partial charge in [0, 0.05) is 24.6 Å². The predicted octanol–water partition coefficient (Wildman–Crippen LogP) is 1.67. The molecular formula is C17H18N2O6S2. The van der Waals surface area contributed by atoms with Gasteiger partial charge in [0.1, 0.15) is 21.9 Å². The number of phenols is 2. The van der Waals surface area contributed by atoms with Crippen LogP contribution >= 0.6 is 24.0 Å². The van der Waals surface area contributed by atoms with Crippen molar-refractivity contribution in [2.45, 2.75) is 25.8 Å². The molecule has 0 spiro atoms. The van der Waals surface area contributed by atoms with Crippen LogP contribution in [0.4, 0.5) is 0 Å². The zero-order chi connectivity index (χ0) is 20.1. The molecule has 1 unspecified atom stereocenters. The molecule has 1 aromatic rings. The lowest BCUT2D eigenvalue weighted by molar-refractivity contribution is -0.137. The molecule has 1 aliphatic heterocycles. The first-order valence-corrected chi connectivity index (χ1v) is 9.21. The molecule has 4 N–H and O–H groups in total. The lowest BCUT2D eigenvalue weighted by atomic mass is 10.1. The Balaban J connectivity index is 2.07. The van der Waals surface area contributed by atoms with Gasteiger partial charge in [-0.05, 0) is 31.6 Å². The summed E-state index contributed by atoms with van der Waals surface area (Å²) < 4.78 is 0.206. The largest absolute Gasteiger partial charge is 0.508 e. The van der Waals surface area contributed by atoms with Gasteiger partial charge in [-0.25, -0.2) is 0 Å². The van der Waals surface area contributed by atoms with Crippen LogP contribution < -0.4 is 5.32 Å². The van der Waals surface area contributed by atoms with Crippen LogP contribution in [0.5, 0.6) is 11.5 Å². The second-order valence-corrected chi connectivity index (χ2v) is 7.43. The summed E-state index contributed by atoms with van der Waals surface area (Å²) >= 11 is 6.20. The van der Waals surface area contributed by atoms with Crippen molar-refractivity contribution in [1.29, 1.82) is 0 Å². The summed E-state index contributed by atoms with van der Waals surface area (Å²) in [5.41, 5.74) is 0.332. The normalized spacial score (nSPS) is 16.6. The second kappa shape index (κ2) is 8.87. The fraction of sp³-hybridized carbons (Fsp3) is 0.294. The van der Waals surface area contributed by atoms with Crippen LogP contribution in [0.2, 0.25) is 0 Å². The Morgan fingerprint density at radius 3 is 2.70 bits per heavy atom. The highest BCUT2D eigenvalue weighted by molar-refractivity contribution is 8.26. The smallest absolute Gasteiger partial charge is 0.303 e. The van der Waals surface area contributed by atoms with Crippen molar-refractivity contribution >= 4 is 52.2 Å². The number of hydrogen-bond acceptors (Lipinski definition) is 7. The van der Waals surface area contributed by atoms with Crippen LogP contribution in [0.15, 0.2) is 23.1 Å². The maximum absolute atomic E-state index is 12.6. The number of benzene rings is 1. The van der Waals surface area contributed by atoms with Crippen molar-refractivity contribution in [2.24, 2.45) is 0 Å². The molecule has 2 rings (SSSR count). The average Bonchev–Trinajstić information content (AvgIpc) is 2.87. The molecule has 1 aliphatic rings. The molecule has 144 valence electrons. The Hall–Kier alpha value is -2.59. The lowest BCUT2D eigenvalue weighted by Gasteiger charge is -2.22. The summed E-state index contributed by atoms with van der Waals surface area (Å²) in [6, 6.07) is 3.12. The minimum Gasteiger partial charge on any atom is -0.508 e. The van der Waals surface area contributed by atoms with E-state index in [1.165, 1.54) is 30.0 Å². The van der Waals surface area contributed by atoms with Gasteiger partial charge in [-0.15, -0.1) is 0 Å². The second-order valence-electron chi connectivity index (χ2n) is 5.76. The minimum atomic E-state index is -0.947. The van der Waals surface area contributed by atoms with E-state index in [-0.39, 0.29) is 40.1 Å². The van der Waals surface area contributed by atoms with E-state index in [4.69, 9.17) is 17.3 Å². The number of nitrogens with zero attached hydrogens (tertiary/aromatic N) is 1. The first-order chi connectivity index (χ1) is 12.7. The van der Waals surface area contributed by atoms with Crippen LogP contribution in [0.1, 0.15) is 25.3 Å². The maximum atomic E-state index is 12.6. The van der Waals surface area contributed by atoms with Crippen LogP contribution in [0.3, 0.4) is 0 Å². The molecule has 1 fully saturated rings. The van der Waals surface area contributed by atoms with E-state index >= 15 is 0 Å². The van der Waals surface area contributed by atoms with E-state index in [0.29, 0.717) is 5.56 Å². The number of aromatic hydroxyl groups is 2. The van der Waals surface area contributed by atoms with Crippen molar-refractivity contribution in [3.05, 3.63) is 28.7 Å². The lowest BCUT2D eigenvalue weighted by Crippen LogP contribution is -2.47. The van der Waals surface area contributed by atoms with E-state index in [2.05, 4.69) is 5.32 Å². The third-order valence-corrected chi connectivity index (χ3v) is 5.09. The Morgan fingerprint density at radius 2 is 2.07 bits per heavy atom. The molecule has 0 aliphatic carbocycles. The van der Waals surface area contributed by atoms with E-state index in [9.17, 15) is 24.6 Å². The zero-order valence-electron chi connectivity index (χ0n) is 14.3. The first-order valence-electron chi connectivity index (χ1n) is 7.99. The molecule has 10 heteroatoms. The summed E-state index contributed by atoms with van der Waals surface area (Å²) in [5, 5.41) is 30.4. The van der Waals surface area contributed by atoms with Crippen molar-refractivity contribution < 1.29 is 29.7 Å². The molecule has 27 heavy (non-hydrogen) atoms. The Kier molecular flexibility index (Phi) is 6.81. The highest BCUT2D eigenvalue weighted by atomic mass is 32.2. The van der Waals surface area contributed by atoms with Gasteiger partial charge in [0.2, 0.25) is 5.91 Å². The van der Waals surface area contributed by atoms with Gasteiger partial charge in [0.05, 0.1) is 4.91 Å². The van der Waals surface area contributed by atoms with Crippen LogP contribution in [0.25, 0.3) is 6.08 Å². The minimum absolute atomic E-state index is 0.0609. The fourth-order valence-corrected chi connectivity index (χ4v) is 3.73. The number of aliphatic carboxylic acids is 1. The van der Waals surface area contributed by atoms with E-state index in [0.717, 1.165) is 17.8 Å². The number of hydrogen-bond donors (Lipinski definition) is 4. The maximum Gasteiger partial charge on any atom is 0.303 e. The van der Waals surface area contributed by atoms with E-state index < -0.39 is 23.8 Å². The predicted molar refractivity (Wildman–Crippen MR) is 104 cm³/mol. The van der Waals surface area contributed by atoms with Crippen molar-refractivity contribution in [3.63, 3.8) is 0 Å². The Morgan fingerprint density at radius 1 is 1.37 bits per heavy atom. The fourth-order valence-electron chi connectivity index (χ4n) is 2.33. The van der Waals surface area contributed by atoms with E-state index in [1.54, 1.807) is 0 Å². The number of nitrogens with one attached hydrogen (secondary N) is 1. The van der Waals surface area contributed by atoms with Gasteiger partial charge in [0.25, 0.3) is 5.91 Å². The number of amides is 2. The number of phenolic OH excluding ortho intramolecular Hbond substituents is 2. The van der Waals surface area contributed by atoms with Crippen molar-refractivity contribution in [1.82, 2.24) is 10.2 Å². The molecule has 8 nitrogen and oxygen atoms in total. The van der Waals surface area contributed by atoms with Crippen LogP contribution in [-0.4, -0.2) is 54.9 Å². The molecule has 1 aromatic carbocycles. The highest BCUT2D eigenvalue weighted by Gasteiger charge is 2.38. The van der Waals surface area contributed by atoms with Gasteiger partial charge in [0.15, 0.2) is 0 Å². The van der Waals surface area contributed by atoms with Crippen LogP contribution in [0, 0.1) is 0 Å². The molecule has 0 bridgehead atoms. The molecule has 1 heterocycles. The summed E-state index contributed by atoms with van der Waals surface area (Å²) in [6.45, 7) is 1.71. The van der Waals surface area contributed by atoms with Crippen LogP contribution in [-0.2, 0) is 14.4 Å². The SMILES string of the molecule is CC(C(=O)NCCCC(=O)O)N1C(=O)/C(=C/c2ccc(O)cc2O)SC1=S. The molecule has 0 saturated carbocycles. The molecule has 0 aromatic heterocycles. The molecule has 0 radical (unpaired) electrons. The van der Waals surface area contributed by atoms with Gasteiger partial charge < -0.3 is 20.6 Å². The summed E-state index contributed by atoms with van der Waals surface area (Å²) in [6.07, 6.45) is 1.66. The summed E-state index contributed by atoms with van der Waals surface area (Å²) in [5.74, 6) is -2.15. The topological polar surface area (TPSA) is 127 Å². The third kappa shape index (κ3) is 5.20. The Bertz CT molecular complexity index is 824. The average molecular weight is 410 g/mol. The number of carboxylic acids is 1. The summed E-state index contributed by atoms with van der Waals surface area (Å²) in [7, 11) is 0. The van der Waals surface area contributed by atoms with Crippen molar-refractivity contribution in [3.8, 4) is 11.5 Å². The first kappa shape index (κ1) is 20.7. The molecular weight excluding hydrogens is 392 g/mol. The summed E-state index contributed by atoms with van der Waals surface area (Å²) in [4.78, 5) is 36.7. The monoisotopic (exact) mass is 410 g/mol. The number of carbonyl (C=O) groups is 3. The van der Waals surface area contributed by atoms with Crippen molar-refractivity contribution in [2.75, 3.05) is 6.54 Å². The van der Waals surface area contributed by atoms with Gasteiger partial charge in [-0.1, -0.05) is 24.0 Å². The van der Waals surface area contributed by atoms with Gasteiger partial charge in [-0.2, -0.15) is 0 Å². The molecule has 1 saturated heterocycles. The zero-order valence-corrected chi connectivity index (χ0v) is 16.0. The third-order valence-electron chi connectivity index (χ3n) is 3.76. The van der Waals surface area contributed by atoms with Gasteiger partial charge in [-0.3, -0.25) is 19.3 Å². The molecule has 2 amide bonds. The Labute approximate surface area is 164 Å².